The minimum absolute atomic E-state index is 0.0408. The number of carbonyl (C=O) groups excluding carboxylic acids is 1. The molecule has 0 saturated heterocycles. The predicted molar refractivity (Wildman–Crippen MR) is 62.2 cm³/mol. The molecule has 86 valence electrons. The number of carbonyl (C=O) groups is 1. The maximum absolute atomic E-state index is 11.2. The van der Waals surface area contributed by atoms with E-state index in [2.05, 4.69) is 5.32 Å². The summed E-state index contributed by atoms with van der Waals surface area (Å²) >= 11 is 0. The highest BCUT2D eigenvalue weighted by Gasteiger charge is 2.27. The van der Waals surface area contributed by atoms with E-state index < -0.39 is 5.60 Å². The predicted octanol–water partition coefficient (Wildman–Crippen LogP) is 1.00. The van der Waals surface area contributed by atoms with Gasteiger partial charge in [0.2, 0.25) is 5.91 Å². The SMILES string of the molecule is COC(C)(CN)c1ccc2c(c1)CC(=O)N2. The highest BCUT2D eigenvalue weighted by molar-refractivity contribution is 5.99. The van der Waals surface area contributed by atoms with Gasteiger partial charge >= 0.3 is 0 Å². The number of ether oxygens (including phenoxy) is 1. The van der Waals surface area contributed by atoms with E-state index in [1.807, 2.05) is 25.1 Å². The van der Waals surface area contributed by atoms with Gasteiger partial charge in [0.15, 0.2) is 0 Å². The molecule has 1 aromatic rings. The van der Waals surface area contributed by atoms with Crippen LogP contribution in [0.1, 0.15) is 18.1 Å². The Morgan fingerprint density at radius 3 is 2.94 bits per heavy atom. The minimum Gasteiger partial charge on any atom is -0.372 e. The van der Waals surface area contributed by atoms with E-state index >= 15 is 0 Å². The summed E-state index contributed by atoms with van der Waals surface area (Å²) in [7, 11) is 1.64. The van der Waals surface area contributed by atoms with E-state index in [4.69, 9.17) is 10.5 Å². The van der Waals surface area contributed by atoms with Crippen molar-refractivity contribution >= 4 is 11.6 Å². The van der Waals surface area contributed by atoms with Gasteiger partial charge in [-0.25, -0.2) is 0 Å². The molecule has 0 aliphatic carbocycles. The number of nitrogens with one attached hydrogen (secondary N) is 1. The van der Waals surface area contributed by atoms with Crippen molar-refractivity contribution in [2.45, 2.75) is 18.9 Å². The molecule has 0 aromatic heterocycles. The molecule has 4 nitrogen and oxygen atoms in total. The van der Waals surface area contributed by atoms with Crippen molar-refractivity contribution in [1.82, 2.24) is 0 Å². The fourth-order valence-electron chi connectivity index (χ4n) is 1.88. The van der Waals surface area contributed by atoms with Crippen LogP contribution in [0.2, 0.25) is 0 Å². The third-order valence-corrected chi connectivity index (χ3v) is 3.18. The fourth-order valence-corrected chi connectivity index (χ4v) is 1.88. The summed E-state index contributed by atoms with van der Waals surface area (Å²) in [5.41, 5.74) is 8.14. The van der Waals surface area contributed by atoms with Crippen LogP contribution < -0.4 is 11.1 Å². The smallest absolute Gasteiger partial charge is 0.228 e. The van der Waals surface area contributed by atoms with Crippen molar-refractivity contribution < 1.29 is 9.53 Å². The Labute approximate surface area is 94.8 Å². The Morgan fingerprint density at radius 1 is 1.56 bits per heavy atom. The van der Waals surface area contributed by atoms with Crippen LogP contribution in [0, 0.1) is 0 Å². The summed E-state index contributed by atoms with van der Waals surface area (Å²) in [6.45, 7) is 2.35. The van der Waals surface area contributed by atoms with Crippen LogP contribution in [0.25, 0.3) is 0 Å². The maximum atomic E-state index is 11.2. The van der Waals surface area contributed by atoms with Crippen molar-refractivity contribution in [2.24, 2.45) is 5.73 Å². The lowest BCUT2D eigenvalue weighted by atomic mass is 9.93. The Morgan fingerprint density at radius 2 is 2.31 bits per heavy atom. The molecule has 1 heterocycles. The lowest BCUT2D eigenvalue weighted by Crippen LogP contribution is -2.33. The summed E-state index contributed by atoms with van der Waals surface area (Å²) in [4.78, 5) is 11.2. The Bertz CT molecular complexity index is 425. The fraction of sp³-hybridized carbons (Fsp3) is 0.417. The van der Waals surface area contributed by atoms with Crippen LogP contribution in [0.3, 0.4) is 0 Å². The van der Waals surface area contributed by atoms with Gasteiger partial charge in [0.1, 0.15) is 5.60 Å². The third kappa shape index (κ3) is 1.70. The van der Waals surface area contributed by atoms with E-state index in [1.54, 1.807) is 7.11 Å². The molecule has 1 aliphatic rings. The number of nitrogens with two attached hydrogens (primary N) is 1. The second kappa shape index (κ2) is 3.88. The van der Waals surface area contributed by atoms with Gasteiger partial charge in [-0.05, 0) is 24.1 Å². The molecule has 4 heteroatoms. The van der Waals surface area contributed by atoms with E-state index in [9.17, 15) is 4.79 Å². The summed E-state index contributed by atoms with van der Waals surface area (Å²) in [6.07, 6.45) is 0.438. The van der Waals surface area contributed by atoms with E-state index in [0.717, 1.165) is 16.8 Å². The minimum atomic E-state index is -0.485. The summed E-state index contributed by atoms with van der Waals surface area (Å²) < 4.78 is 5.43. The molecule has 16 heavy (non-hydrogen) atoms. The molecular formula is C12H16N2O2. The first-order valence-corrected chi connectivity index (χ1v) is 5.27. The van der Waals surface area contributed by atoms with Gasteiger partial charge in [-0.2, -0.15) is 0 Å². The number of rotatable bonds is 3. The average molecular weight is 220 g/mol. The van der Waals surface area contributed by atoms with E-state index in [-0.39, 0.29) is 5.91 Å². The molecule has 2 rings (SSSR count). The molecule has 1 amide bonds. The number of methoxy groups -OCH3 is 1. The zero-order chi connectivity index (χ0) is 11.8. The lowest BCUT2D eigenvalue weighted by Gasteiger charge is -2.27. The third-order valence-electron chi connectivity index (χ3n) is 3.18. The highest BCUT2D eigenvalue weighted by Crippen LogP contribution is 2.30. The molecule has 0 radical (unpaired) electrons. The standard InChI is InChI=1S/C12H16N2O2/c1-12(7-13,16-2)9-3-4-10-8(5-9)6-11(15)14-10/h3-5H,6-7,13H2,1-2H3,(H,14,15). The van der Waals surface area contributed by atoms with Crippen LogP contribution in [-0.2, 0) is 21.6 Å². The van der Waals surface area contributed by atoms with Crippen molar-refractivity contribution in [2.75, 3.05) is 19.0 Å². The number of benzene rings is 1. The van der Waals surface area contributed by atoms with Crippen molar-refractivity contribution in [3.8, 4) is 0 Å². The van der Waals surface area contributed by atoms with Gasteiger partial charge in [0.25, 0.3) is 0 Å². The maximum Gasteiger partial charge on any atom is 0.228 e. The Balaban J connectivity index is 2.39. The number of hydrogen-bond donors (Lipinski definition) is 2. The normalized spacial score (nSPS) is 17.8. The van der Waals surface area contributed by atoms with Gasteiger partial charge in [-0.3, -0.25) is 4.79 Å². The number of hydrogen-bond acceptors (Lipinski definition) is 3. The molecule has 0 saturated carbocycles. The number of anilines is 1. The number of fused-ring (bicyclic) bond motifs is 1. The first-order chi connectivity index (χ1) is 7.59. The summed E-state index contributed by atoms with van der Waals surface area (Å²) in [5.74, 6) is 0.0408. The van der Waals surface area contributed by atoms with Crippen LogP contribution in [0.4, 0.5) is 5.69 Å². The van der Waals surface area contributed by atoms with Crippen molar-refractivity contribution in [3.63, 3.8) is 0 Å². The molecule has 1 atom stereocenters. The number of amides is 1. The second-order valence-electron chi connectivity index (χ2n) is 4.24. The Hall–Kier alpha value is -1.39. The monoisotopic (exact) mass is 220 g/mol. The van der Waals surface area contributed by atoms with Crippen molar-refractivity contribution in [1.29, 1.82) is 0 Å². The van der Waals surface area contributed by atoms with Crippen LogP contribution in [0.5, 0.6) is 0 Å². The van der Waals surface area contributed by atoms with E-state index in [0.29, 0.717) is 13.0 Å². The molecule has 0 fully saturated rings. The van der Waals surface area contributed by atoms with Crippen LogP contribution in [0.15, 0.2) is 18.2 Å². The molecule has 3 N–H and O–H groups in total. The molecule has 0 spiro atoms. The second-order valence-corrected chi connectivity index (χ2v) is 4.24. The largest absolute Gasteiger partial charge is 0.372 e. The molecule has 1 unspecified atom stereocenters. The highest BCUT2D eigenvalue weighted by atomic mass is 16.5. The van der Waals surface area contributed by atoms with Crippen molar-refractivity contribution in [3.05, 3.63) is 29.3 Å². The summed E-state index contributed by atoms with van der Waals surface area (Å²) in [6, 6.07) is 5.84. The first-order valence-electron chi connectivity index (χ1n) is 5.27. The van der Waals surface area contributed by atoms with Gasteiger partial charge < -0.3 is 15.8 Å². The van der Waals surface area contributed by atoms with Crippen LogP contribution >= 0.6 is 0 Å². The molecule has 1 aromatic carbocycles. The quantitative estimate of drug-likeness (QED) is 0.798. The topological polar surface area (TPSA) is 64.3 Å². The van der Waals surface area contributed by atoms with Gasteiger partial charge in [0, 0.05) is 19.3 Å². The molecule has 0 bridgehead atoms. The van der Waals surface area contributed by atoms with Crippen LogP contribution in [-0.4, -0.2) is 19.6 Å². The first kappa shape index (κ1) is 11.1. The average Bonchev–Trinajstić information content (AvgIpc) is 2.67. The zero-order valence-corrected chi connectivity index (χ0v) is 9.54. The Kier molecular flexibility index (Phi) is 2.69. The molecular weight excluding hydrogens is 204 g/mol. The van der Waals surface area contributed by atoms with Gasteiger partial charge in [-0.15, -0.1) is 0 Å². The summed E-state index contributed by atoms with van der Waals surface area (Å²) in [5, 5.41) is 2.80. The van der Waals surface area contributed by atoms with Gasteiger partial charge in [-0.1, -0.05) is 12.1 Å². The van der Waals surface area contributed by atoms with E-state index in [1.165, 1.54) is 0 Å². The zero-order valence-electron chi connectivity index (χ0n) is 9.54. The van der Waals surface area contributed by atoms with Gasteiger partial charge in [0.05, 0.1) is 6.42 Å². The molecule has 1 aliphatic heterocycles. The lowest BCUT2D eigenvalue weighted by molar-refractivity contribution is -0.115.